The number of amides is 3. The van der Waals surface area contributed by atoms with Gasteiger partial charge in [0.1, 0.15) is 0 Å². The molecule has 1 unspecified atom stereocenters. The molecule has 2 heterocycles. The third-order valence-corrected chi connectivity index (χ3v) is 3.49. The summed E-state index contributed by atoms with van der Waals surface area (Å²) in [6.45, 7) is 3.48. The fraction of sp³-hybridized carbons (Fsp3) is 0.818. The van der Waals surface area contributed by atoms with Crippen LogP contribution in [0, 0.1) is 0 Å². The highest BCUT2D eigenvalue weighted by Gasteiger charge is 2.29. The Balaban J connectivity index is 1.77. The molecular formula is C11H20N4O2. The van der Waals surface area contributed by atoms with Crippen molar-refractivity contribution in [2.24, 2.45) is 0 Å². The predicted molar refractivity (Wildman–Crippen MR) is 63.6 cm³/mol. The minimum atomic E-state index is -0.253. The molecule has 96 valence electrons. The van der Waals surface area contributed by atoms with Gasteiger partial charge in [-0.15, -0.1) is 0 Å². The van der Waals surface area contributed by atoms with Crippen molar-refractivity contribution in [1.82, 2.24) is 20.4 Å². The SMILES string of the molecule is CNC1CCCN(CCN2C(=O)CNC2=O)C1. The topological polar surface area (TPSA) is 64.7 Å². The van der Waals surface area contributed by atoms with Crippen molar-refractivity contribution < 1.29 is 9.59 Å². The van der Waals surface area contributed by atoms with Gasteiger partial charge in [-0.05, 0) is 26.4 Å². The number of likely N-dealkylation sites (tertiary alicyclic amines) is 1. The largest absolute Gasteiger partial charge is 0.329 e. The van der Waals surface area contributed by atoms with Crippen molar-refractivity contribution in [2.75, 3.05) is 39.8 Å². The zero-order chi connectivity index (χ0) is 12.3. The molecule has 0 aromatic rings. The number of nitrogens with zero attached hydrogens (tertiary/aromatic N) is 2. The Hall–Kier alpha value is -1.14. The van der Waals surface area contributed by atoms with Crippen molar-refractivity contribution in [3.8, 4) is 0 Å². The van der Waals surface area contributed by atoms with Crippen LogP contribution in [0.25, 0.3) is 0 Å². The maximum atomic E-state index is 11.4. The van der Waals surface area contributed by atoms with Crippen molar-refractivity contribution in [1.29, 1.82) is 0 Å². The summed E-state index contributed by atoms with van der Waals surface area (Å²) in [5.41, 5.74) is 0. The van der Waals surface area contributed by atoms with E-state index in [4.69, 9.17) is 0 Å². The number of urea groups is 1. The Bertz CT molecular complexity index is 292. The lowest BCUT2D eigenvalue weighted by Gasteiger charge is -2.33. The van der Waals surface area contributed by atoms with Gasteiger partial charge in [-0.2, -0.15) is 0 Å². The first-order valence-electron chi connectivity index (χ1n) is 6.18. The van der Waals surface area contributed by atoms with Crippen LogP contribution in [-0.4, -0.2) is 67.6 Å². The number of hydrogen-bond donors (Lipinski definition) is 2. The van der Waals surface area contributed by atoms with Crippen LogP contribution in [0.15, 0.2) is 0 Å². The first-order valence-corrected chi connectivity index (χ1v) is 6.18. The number of piperidine rings is 1. The Labute approximate surface area is 101 Å². The molecule has 2 saturated heterocycles. The van der Waals surface area contributed by atoms with Crippen molar-refractivity contribution >= 4 is 11.9 Å². The zero-order valence-electron chi connectivity index (χ0n) is 10.2. The number of carbonyl (C=O) groups excluding carboxylic acids is 2. The minimum absolute atomic E-state index is 0.114. The minimum Gasteiger partial charge on any atom is -0.329 e. The number of imide groups is 1. The maximum absolute atomic E-state index is 11.4. The smallest absolute Gasteiger partial charge is 0.324 e. The van der Waals surface area contributed by atoms with Crippen molar-refractivity contribution in [2.45, 2.75) is 18.9 Å². The molecule has 17 heavy (non-hydrogen) atoms. The van der Waals surface area contributed by atoms with E-state index in [-0.39, 0.29) is 18.5 Å². The van der Waals surface area contributed by atoms with Gasteiger partial charge in [-0.3, -0.25) is 9.69 Å². The van der Waals surface area contributed by atoms with Crippen molar-refractivity contribution in [3.05, 3.63) is 0 Å². The average Bonchev–Trinajstić information content (AvgIpc) is 2.67. The van der Waals surface area contributed by atoms with Crippen LogP contribution in [0.3, 0.4) is 0 Å². The van der Waals surface area contributed by atoms with Gasteiger partial charge in [0.15, 0.2) is 0 Å². The van der Waals surface area contributed by atoms with E-state index in [0.29, 0.717) is 12.6 Å². The van der Waals surface area contributed by atoms with E-state index < -0.39 is 0 Å². The average molecular weight is 240 g/mol. The van der Waals surface area contributed by atoms with Gasteiger partial charge >= 0.3 is 6.03 Å². The molecule has 2 rings (SSSR count). The lowest BCUT2D eigenvalue weighted by Crippen LogP contribution is -2.47. The highest BCUT2D eigenvalue weighted by atomic mass is 16.2. The van der Waals surface area contributed by atoms with Gasteiger partial charge in [0.2, 0.25) is 5.91 Å². The number of carbonyl (C=O) groups is 2. The Morgan fingerprint density at radius 1 is 1.41 bits per heavy atom. The summed E-state index contributed by atoms with van der Waals surface area (Å²) in [7, 11) is 1.98. The molecule has 2 fully saturated rings. The van der Waals surface area contributed by atoms with Gasteiger partial charge in [0.25, 0.3) is 0 Å². The molecule has 0 aromatic heterocycles. The molecular weight excluding hydrogens is 220 g/mol. The molecule has 0 aromatic carbocycles. The Kier molecular flexibility index (Phi) is 3.96. The third-order valence-electron chi connectivity index (χ3n) is 3.49. The van der Waals surface area contributed by atoms with Gasteiger partial charge in [-0.25, -0.2) is 4.79 Å². The van der Waals surface area contributed by atoms with E-state index >= 15 is 0 Å². The van der Waals surface area contributed by atoms with E-state index in [1.54, 1.807) is 0 Å². The molecule has 2 N–H and O–H groups in total. The molecule has 0 saturated carbocycles. The van der Waals surface area contributed by atoms with E-state index in [0.717, 1.165) is 19.6 Å². The summed E-state index contributed by atoms with van der Waals surface area (Å²) in [4.78, 5) is 26.3. The molecule has 0 bridgehead atoms. The molecule has 6 nitrogen and oxygen atoms in total. The second kappa shape index (κ2) is 5.46. The molecule has 2 aliphatic rings. The summed E-state index contributed by atoms with van der Waals surface area (Å²) >= 11 is 0. The molecule has 2 aliphatic heterocycles. The van der Waals surface area contributed by atoms with Crippen LogP contribution < -0.4 is 10.6 Å². The fourth-order valence-corrected chi connectivity index (χ4v) is 2.42. The first kappa shape index (κ1) is 12.3. The molecule has 1 atom stereocenters. The van der Waals surface area contributed by atoms with Gasteiger partial charge < -0.3 is 15.5 Å². The number of rotatable bonds is 4. The summed E-state index contributed by atoms with van der Waals surface area (Å²) in [6, 6.07) is 0.282. The predicted octanol–water partition coefficient (Wildman–Crippen LogP) is -0.778. The monoisotopic (exact) mass is 240 g/mol. The van der Waals surface area contributed by atoms with Gasteiger partial charge in [0, 0.05) is 25.7 Å². The molecule has 0 aliphatic carbocycles. The standard InChI is InChI=1S/C11H20N4O2/c1-12-9-3-2-4-14(8-9)5-6-15-10(16)7-13-11(15)17/h9,12H,2-8H2,1H3,(H,13,17). The normalized spacial score (nSPS) is 26.4. The Morgan fingerprint density at radius 3 is 2.88 bits per heavy atom. The van der Waals surface area contributed by atoms with Crippen LogP contribution >= 0.6 is 0 Å². The summed E-state index contributed by atoms with van der Waals surface area (Å²) in [5.74, 6) is -0.114. The fourth-order valence-electron chi connectivity index (χ4n) is 2.42. The van der Waals surface area contributed by atoms with Crippen LogP contribution in [0.1, 0.15) is 12.8 Å². The quantitative estimate of drug-likeness (QED) is 0.633. The highest BCUT2D eigenvalue weighted by molar-refractivity contribution is 6.01. The number of likely N-dealkylation sites (N-methyl/N-ethyl adjacent to an activating group) is 1. The molecule has 0 spiro atoms. The summed E-state index contributed by atoms with van der Waals surface area (Å²) < 4.78 is 0. The van der Waals surface area contributed by atoms with Crippen LogP contribution in [0.4, 0.5) is 4.79 Å². The van der Waals surface area contributed by atoms with Gasteiger partial charge in [0.05, 0.1) is 6.54 Å². The summed E-state index contributed by atoms with van der Waals surface area (Å²) in [5, 5.41) is 5.81. The molecule has 0 radical (unpaired) electrons. The second-order valence-corrected chi connectivity index (χ2v) is 4.63. The number of hydrogen-bond acceptors (Lipinski definition) is 4. The van der Waals surface area contributed by atoms with E-state index in [2.05, 4.69) is 15.5 Å². The second-order valence-electron chi connectivity index (χ2n) is 4.63. The van der Waals surface area contributed by atoms with E-state index in [1.165, 1.54) is 17.7 Å². The van der Waals surface area contributed by atoms with Crippen molar-refractivity contribution in [3.63, 3.8) is 0 Å². The number of nitrogens with one attached hydrogen (secondary N) is 2. The maximum Gasteiger partial charge on any atom is 0.324 e. The van der Waals surface area contributed by atoms with Crippen LogP contribution in [-0.2, 0) is 4.79 Å². The van der Waals surface area contributed by atoms with Crippen LogP contribution in [0.5, 0.6) is 0 Å². The molecule has 6 heteroatoms. The first-order chi connectivity index (χ1) is 8.20. The van der Waals surface area contributed by atoms with E-state index in [9.17, 15) is 9.59 Å². The lowest BCUT2D eigenvalue weighted by atomic mass is 10.1. The third kappa shape index (κ3) is 2.95. The van der Waals surface area contributed by atoms with Crippen LogP contribution in [0.2, 0.25) is 0 Å². The van der Waals surface area contributed by atoms with E-state index in [1.807, 2.05) is 7.05 Å². The van der Waals surface area contributed by atoms with Gasteiger partial charge in [-0.1, -0.05) is 0 Å². The zero-order valence-corrected chi connectivity index (χ0v) is 10.2. The summed E-state index contributed by atoms with van der Waals surface area (Å²) in [6.07, 6.45) is 2.38. The Morgan fingerprint density at radius 2 is 2.24 bits per heavy atom. The highest BCUT2D eigenvalue weighted by Crippen LogP contribution is 2.10. The lowest BCUT2D eigenvalue weighted by molar-refractivity contribution is -0.125. The molecule has 3 amide bonds.